The van der Waals surface area contributed by atoms with Gasteiger partial charge in [-0.2, -0.15) is 0 Å². The molecular formula is C13H23FO10. The fourth-order valence-electron chi connectivity index (χ4n) is 2.77. The summed E-state index contributed by atoms with van der Waals surface area (Å²) in [4.78, 5) is 0. The van der Waals surface area contributed by atoms with Crippen LogP contribution < -0.4 is 0 Å². The molecule has 2 aliphatic rings. The second-order valence-corrected chi connectivity index (χ2v) is 6.05. The van der Waals surface area contributed by atoms with Gasteiger partial charge in [0.1, 0.15) is 42.7 Å². The second-order valence-electron chi connectivity index (χ2n) is 6.05. The Morgan fingerprint density at radius 3 is 2.00 bits per heavy atom. The van der Waals surface area contributed by atoms with Crippen LogP contribution in [0.5, 0.6) is 0 Å². The van der Waals surface area contributed by atoms with Gasteiger partial charge >= 0.3 is 0 Å². The molecule has 2 heterocycles. The molecule has 10 atom stereocenters. The fourth-order valence-corrected chi connectivity index (χ4v) is 2.77. The van der Waals surface area contributed by atoms with Crippen LogP contribution >= 0.6 is 0 Å². The molecule has 0 saturated carbocycles. The van der Waals surface area contributed by atoms with Crippen LogP contribution in [0.25, 0.3) is 0 Å². The number of aliphatic hydroxyl groups excluding tert-OH is 7. The maximum Gasteiger partial charge on any atom is 0.197 e. The zero-order valence-electron chi connectivity index (χ0n) is 12.8. The van der Waals surface area contributed by atoms with Gasteiger partial charge in [-0.15, -0.1) is 0 Å². The molecule has 0 aliphatic carbocycles. The summed E-state index contributed by atoms with van der Waals surface area (Å²) in [5.74, 6) is -2.09. The van der Waals surface area contributed by atoms with E-state index in [0.717, 1.165) is 6.92 Å². The molecule has 2 aliphatic heterocycles. The maximum absolute atomic E-state index is 14.2. The van der Waals surface area contributed by atoms with Gasteiger partial charge in [-0.3, -0.25) is 0 Å². The van der Waals surface area contributed by atoms with Gasteiger partial charge in [0.2, 0.25) is 0 Å². The first-order valence-corrected chi connectivity index (χ1v) is 7.43. The van der Waals surface area contributed by atoms with Crippen molar-refractivity contribution in [2.75, 3.05) is 13.2 Å². The van der Waals surface area contributed by atoms with Gasteiger partial charge in [0.25, 0.3) is 0 Å². The lowest BCUT2D eigenvalue weighted by Gasteiger charge is -2.49. The van der Waals surface area contributed by atoms with Crippen molar-refractivity contribution in [3.8, 4) is 0 Å². The summed E-state index contributed by atoms with van der Waals surface area (Å²) in [6.07, 6.45) is -15.6. The summed E-state index contributed by atoms with van der Waals surface area (Å²) in [5, 5.41) is 67.1. The maximum atomic E-state index is 14.2. The van der Waals surface area contributed by atoms with E-state index in [4.69, 9.17) is 24.4 Å². The van der Waals surface area contributed by atoms with Crippen LogP contribution in [0.1, 0.15) is 6.92 Å². The molecule has 0 amide bonds. The number of hydrogen-bond donors (Lipinski definition) is 7. The Bertz CT molecular complexity index is 424. The van der Waals surface area contributed by atoms with Gasteiger partial charge in [-0.25, -0.2) is 4.39 Å². The van der Waals surface area contributed by atoms with E-state index in [-0.39, 0.29) is 0 Å². The molecule has 2 fully saturated rings. The van der Waals surface area contributed by atoms with E-state index in [0.29, 0.717) is 0 Å². The highest BCUT2D eigenvalue weighted by Gasteiger charge is 2.55. The van der Waals surface area contributed by atoms with Crippen molar-refractivity contribution in [1.82, 2.24) is 0 Å². The molecule has 0 spiro atoms. The van der Waals surface area contributed by atoms with Crippen molar-refractivity contribution in [2.24, 2.45) is 0 Å². The van der Waals surface area contributed by atoms with Crippen LogP contribution in [-0.4, -0.2) is 110 Å². The Hall–Kier alpha value is -0.470. The van der Waals surface area contributed by atoms with E-state index in [1.807, 2.05) is 0 Å². The molecule has 142 valence electrons. The monoisotopic (exact) mass is 358 g/mol. The lowest BCUT2D eigenvalue weighted by Crippen LogP contribution is -2.67. The van der Waals surface area contributed by atoms with Crippen LogP contribution in [-0.2, 0) is 14.2 Å². The summed E-state index contributed by atoms with van der Waals surface area (Å²) >= 11 is 0. The van der Waals surface area contributed by atoms with Gasteiger partial charge in [0.05, 0.1) is 13.2 Å². The van der Waals surface area contributed by atoms with E-state index in [1.54, 1.807) is 0 Å². The molecular weight excluding hydrogens is 335 g/mol. The molecule has 0 radical (unpaired) electrons. The van der Waals surface area contributed by atoms with Crippen molar-refractivity contribution in [2.45, 2.75) is 67.9 Å². The third kappa shape index (κ3) is 3.42. The highest BCUT2D eigenvalue weighted by Crippen LogP contribution is 2.35. The first kappa shape index (κ1) is 19.8. The molecule has 0 bridgehead atoms. The van der Waals surface area contributed by atoms with Crippen molar-refractivity contribution < 1.29 is 54.3 Å². The number of aliphatic hydroxyl groups is 7. The molecule has 0 aromatic rings. The summed E-state index contributed by atoms with van der Waals surface area (Å²) in [5.41, 5.74) is 0. The summed E-state index contributed by atoms with van der Waals surface area (Å²) in [7, 11) is 0. The first-order valence-electron chi connectivity index (χ1n) is 7.43. The Labute approximate surface area is 136 Å². The van der Waals surface area contributed by atoms with Gasteiger partial charge in [-0.05, 0) is 6.92 Å². The molecule has 0 aromatic heterocycles. The average molecular weight is 358 g/mol. The Morgan fingerprint density at radius 1 is 0.917 bits per heavy atom. The van der Waals surface area contributed by atoms with Crippen LogP contribution in [0.15, 0.2) is 0 Å². The predicted molar refractivity (Wildman–Crippen MR) is 72.1 cm³/mol. The summed E-state index contributed by atoms with van der Waals surface area (Å²) < 4.78 is 29.6. The van der Waals surface area contributed by atoms with Gasteiger partial charge in [0.15, 0.2) is 18.2 Å². The van der Waals surface area contributed by atoms with E-state index < -0.39 is 74.2 Å². The van der Waals surface area contributed by atoms with Gasteiger partial charge in [-0.1, -0.05) is 0 Å². The number of hydrogen-bond acceptors (Lipinski definition) is 10. The quantitative estimate of drug-likeness (QED) is 0.263. The average Bonchev–Trinajstić information content (AvgIpc) is 2.57. The van der Waals surface area contributed by atoms with Crippen LogP contribution in [0.4, 0.5) is 4.39 Å². The predicted octanol–water partition coefficient (Wildman–Crippen LogP) is -4.03. The Morgan fingerprint density at radius 2 is 1.46 bits per heavy atom. The molecule has 2 rings (SSSR count). The second kappa shape index (κ2) is 7.41. The van der Waals surface area contributed by atoms with Crippen molar-refractivity contribution in [1.29, 1.82) is 0 Å². The van der Waals surface area contributed by atoms with Gasteiger partial charge in [0, 0.05) is 0 Å². The van der Waals surface area contributed by atoms with Crippen LogP contribution in [0, 0.1) is 0 Å². The van der Waals surface area contributed by atoms with Crippen molar-refractivity contribution >= 4 is 0 Å². The SMILES string of the molecule is C[C@]1(O[C@H]2O[C@H](CO)[C@@H](O)[C@H](O)[C@H]2F)O[C@H](CO)[C@@H](O)[C@H](O)[C@H]1O. The van der Waals surface area contributed by atoms with Gasteiger partial charge < -0.3 is 50.0 Å². The molecule has 0 aromatic carbocycles. The molecule has 0 unspecified atom stereocenters. The zero-order chi connectivity index (χ0) is 18.2. The van der Waals surface area contributed by atoms with Crippen LogP contribution in [0.2, 0.25) is 0 Å². The zero-order valence-corrected chi connectivity index (χ0v) is 12.8. The number of alkyl halides is 1. The minimum absolute atomic E-state index is 0.713. The standard InChI is InChI=1S/C13H23FO10/c1-13(11(21)10(20)8(18)5(3-16)23-13)24-12-6(14)9(19)7(17)4(2-15)22-12/h4-12,15-21H,2-3H2,1H3/t4-,5-,6-,7-,8-,9-,10+,11-,12-,13-/m1/s1. The van der Waals surface area contributed by atoms with Crippen LogP contribution in [0.3, 0.4) is 0 Å². The summed E-state index contributed by atoms with van der Waals surface area (Å²) in [6.45, 7) is -0.322. The minimum Gasteiger partial charge on any atom is -0.394 e. The topological polar surface area (TPSA) is 169 Å². The Kier molecular flexibility index (Phi) is 6.13. The fraction of sp³-hybridized carbons (Fsp3) is 1.00. The highest BCUT2D eigenvalue weighted by atomic mass is 19.1. The lowest BCUT2D eigenvalue weighted by atomic mass is 9.93. The molecule has 10 nitrogen and oxygen atoms in total. The minimum atomic E-state index is -2.24. The first-order chi connectivity index (χ1) is 11.2. The third-order valence-corrected chi connectivity index (χ3v) is 4.31. The van der Waals surface area contributed by atoms with E-state index >= 15 is 0 Å². The normalized spacial score (nSPS) is 53.1. The molecule has 24 heavy (non-hydrogen) atoms. The number of rotatable bonds is 4. The lowest BCUT2D eigenvalue weighted by molar-refractivity contribution is -0.412. The van der Waals surface area contributed by atoms with Crippen molar-refractivity contribution in [3.63, 3.8) is 0 Å². The smallest absolute Gasteiger partial charge is 0.197 e. The molecule has 7 N–H and O–H groups in total. The number of ether oxygens (including phenoxy) is 3. The van der Waals surface area contributed by atoms with Crippen molar-refractivity contribution in [3.05, 3.63) is 0 Å². The van der Waals surface area contributed by atoms with E-state index in [1.165, 1.54) is 0 Å². The van der Waals surface area contributed by atoms with E-state index in [9.17, 15) is 29.9 Å². The number of halogens is 1. The Balaban J connectivity index is 2.18. The highest BCUT2D eigenvalue weighted by molar-refractivity contribution is 4.97. The molecule has 2 saturated heterocycles. The third-order valence-electron chi connectivity index (χ3n) is 4.31. The van der Waals surface area contributed by atoms with E-state index in [2.05, 4.69) is 0 Å². The summed E-state index contributed by atoms with van der Waals surface area (Å²) in [6, 6.07) is 0. The molecule has 11 heteroatoms. The largest absolute Gasteiger partial charge is 0.394 e.